The summed E-state index contributed by atoms with van der Waals surface area (Å²) in [5.41, 5.74) is 0.635. The first kappa shape index (κ1) is 9.51. The highest BCUT2D eigenvalue weighted by molar-refractivity contribution is 5.71. The van der Waals surface area contributed by atoms with Crippen LogP contribution < -0.4 is 0 Å². The average molecular weight is 183 g/mol. The van der Waals surface area contributed by atoms with Gasteiger partial charge in [-0.15, -0.1) is 0 Å². The summed E-state index contributed by atoms with van der Waals surface area (Å²) in [4.78, 5) is 10.5. The summed E-state index contributed by atoms with van der Waals surface area (Å²) < 4.78 is 12.7. The molecule has 0 aliphatic heterocycles. The molecule has 0 saturated heterocycles. The molecule has 0 saturated carbocycles. The molecule has 0 radical (unpaired) electrons. The van der Waals surface area contributed by atoms with Gasteiger partial charge in [-0.3, -0.25) is 4.79 Å². The van der Waals surface area contributed by atoms with Crippen LogP contribution in [0.1, 0.15) is 12.5 Å². The van der Waals surface area contributed by atoms with Gasteiger partial charge in [0.1, 0.15) is 5.75 Å². The predicted octanol–water partition coefficient (Wildman–Crippen LogP) is 1.63. The van der Waals surface area contributed by atoms with Crippen molar-refractivity contribution in [3.63, 3.8) is 0 Å². The van der Waals surface area contributed by atoms with Gasteiger partial charge in [0, 0.05) is 6.92 Å². The van der Waals surface area contributed by atoms with Crippen molar-refractivity contribution >= 4 is 5.91 Å². The van der Waals surface area contributed by atoms with E-state index < -0.39 is 5.91 Å². The topological polar surface area (TPSA) is 40.5 Å². The van der Waals surface area contributed by atoms with Crippen molar-refractivity contribution in [1.82, 2.24) is 5.12 Å². The van der Waals surface area contributed by atoms with Crippen LogP contribution in [0.2, 0.25) is 0 Å². The second kappa shape index (κ2) is 3.89. The number of phenolic OH excluding ortho intramolecular Hbond substituents is 1. The number of carbonyl (C=O) groups excluding carboxylic acids is 1. The molecule has 13 heavy (non-hydrogen) atoms. The lowest BCUT2D eigenvalue weighted by Crippen LogP contribution is -2.18. The quantitative estimate of drug-likeness (QED) is 0.708. The molecule has 0 aromatic heterocycles. The third-order valence-corrected chi connectivity index (χ3v) is 1.60. The van der Waals surface area contributed by atoms with Gasteiger partial charge in [0.05, 0.1) is 6.54 Å². The van der Waals surface area contributed by atoms with Gasteiger partial charge in [-0.1, -0.05) is 16.6 Å². The Morgan fingerprint density at radius 3 is 2.46 bits per heavy atom. The van der Waals surface area contributed by atoms with Crippen LogP contribution in [0.25, 0.3) is 0 Å². The number of nitrogens with zero attached hydrogens (tertiary/aromatic N) is 1. The number of carbonyl (C=O) groups is 1. The molecule has 0 fully saturated rings. The molecular formula is C9H10FNO2. The van der Waals surface area contributed by atoms with Gasteiger partial charge < -0.3 is 5.11 Å². The van der Waals surface area contributed by atoms with Crippen LogP contribution in [0, 0.1) is 0 Å². The lowest BCUT2D eigenvalue weighted by Gasteiger charge is -2.08. The van der Waals surface area contributed by atoms with E-state index in [2.05, 4.69) is 0 Å². The van der Waals surface area contributed by atoms with E-state index in [9.17, 15) is 9.28 Å². The molecule has 0 aliphatic carbocycles. The highest BCUT2D eigenvalue weighted by Crippen LogP contribution is 2.11. The molecule has 0 bridgehead atoms. The molecule has 1 rings (SSSR count). The van der Waals surface area contributed by atoms with Crippen LogP contribution in [-0.2, 0) is 11.3 Å². The number of hydrogen-bond acceptors (Lipinski definition) is 2. The van der Waals surface area contributed by atoms with Gasteiger partial charge in [0.2, 0.25) is 5.91 Å². The van der Waals surface area contributed by atoms with E-state index in [1.807, 2.05) is 0 Å². The van der Waals surface area contributed by atoms with Gasteiger partial charge in [0.15, 0.2) is 0 Å². The zero-order valence-corrected chi connectivity index (χ0v) is 7.20. The summed E-state index contributed by atoms with van der Waals surface area (Å²) in [7, 11) is 0. The fourth-order valence-electron chi connectivity index (χ4n) is 0.873. The van der Waals surface area contributed by atoms with Crippen molar-refractivity contribution in [2.24, 2.45) is 0 Å². The monoisotopic (exact) mass is 183 g/mol. The Balaban J connectivity index is 2.64. The number of halogens is 1. The molecule has 0 heterocycles. The first-order valence-electron chi connectivity index (χ1n) is 3.81. The van der Waals surface area contributed by atoms with Crippen molar-refractivity contribution in [3.8, 4) is 5.75 Å². The molecule has 0 atom stereocenters. The fourth-order valence-corrected chi connectivity index (χ4v) is 0.873. The molecule has 4 heteroatoms. The Morgan fingerprint density at radius 1 is 1.46 bits per heavy atom. The van der Waals surface area contributed by atoms with E-state index in [1.54, 1.807) is 12.1 Å². The lowest BCUT2D eigenvalue weighted by atomic mass is 10.2. The predicted molar refractivity (Wildman–Crippen MR) is 45.4 cm³/mol. The molecule has 1 aromatic rings. The van der Waals surface area contributed by atoms with Crippen LogP contribution in [0.5, 0.6) is 5.75 Å². The third kappa shape index (κ3) is 2.74. The number of hydrogen-bond donors (Lipinski definition) is 1. The molecule has 1 amide bonds. The van der Waals surface area contributed by atoms with E-state index in [0.29, 0.717) is 5.56 Å². The van der Waals surface area contributed by atoms with E-state index in [0.717, 1.165) is 6.92 Å². The first-order valence-corrected chi connectivity index (χ1v) is 3.81. The minimum atomic E-state index is -0.631. The summed E-state index contributed by atoms with van der Waals surface area (Å²) in [6, 6.07) is 6.02. The summed E-state index contributed by atoms with van der Waals surface area (Å²) in [5.74, 6) is -0.509. The van der Waals surface area contributed by atoms with Crippen LogP contribution in [0.3, 0.4) is 0 Å². The van der Waals surface area contributed by atoms with Gasteiger partial charge in [-0.25, -0.2) is 0 Å². The van der Waals surface area contributed by atoms with Gasteiger partial charge >= 0.3 is 0 Å². The lowest BCUT2D eigenvalue weighted by molar-refractivity contribution is -0.145. The zero-order valence-electron chi connectivity index (χ0n) is 7.20. The number of phenols is 1. The number of benzene rings is 1. The highest BCUT2D eigenvalue weighted by atomic mass is 19.2. The maximum absolute atomic E-state index is 12.7. The van der Waals surface area contributed by atoms with E-state index in [4.69, 9.17) is 5.11 Å². The largest absolute Gasteiger partial charge is 0.508 e. The molecule has 0 spiro atoms. The summed E-state index contributed by atoms with van der Waals surface area (Å²) in [6.07, 6.45) is 0. The third-order valence-electron chi connectivity index (χ3n) is 1.60. The molecule has 0 unspecified atom stereocenters. The molecule has 3 nitrogen and oxygen atoms in total. The Hall–Kier alpha value is -1.58. The smallest absolute Gasteiger partial charge is 0.247 e. The minimum absolute atomic E-state index is 0.0877. The van der Waals surface area contributed by atoms with Gasteiger partial charge in [0.25, 0.3) is 0 Å². The SMILES string of the molecule is CC(=O)N(F)Cc1ccc(O)cc1. The number of rotatable bonds is 2. The Morgan fingerprint density at radius 2 is 2.00 bits per heavy atom. The van der Waals surface area contributed by atoms with E-state index >= 15 is 0 Å². The molecule has 1 aromatic carbocycles. The van der Waals surface area contributed by atoms with Crippen molar-refractivity contribution in [2.45, 2.75) is 13.5 Å². The van der Waals surface area contributed by atoms with Gasteiger partial charge in [-0.2, -0.15) is 5.12 Å². The van der Waals surface area contributed by atoms with Crippen LogP contribution in [0.15, 0.2) is 24.3 Å². The molecule has 70 valence electrons. The fraction of sp³-hybridized carbons (Fsp3) is 0.222. The maximum Gasteiger partial charge on any atom is 0.247 e. The van der Waals surface area contributed by atoms with E-state index in [1.165, 1.54) is 12.1 Å². The summed E-state index contributed by atoms with van der Waals surface area (Å²) in [5, 5.41) is 9.04. The molecule has 1 N–H and O–H groups in total. The van der Waals surface area contributed by atoms with Crippen molar-refractivity contribution in [2.75, 3.05) is 0 Å². The standard InChI is InChI=1S/C9H10FNO2/c1-7(12)11(10)6-8-2-4-9(13)5-3-8/h2-5,13H,6H2,1H3. The van der Waals surface area contributed by atoms with Crippen LogP contribution >= 0.6 is 0 Å². The molecule has 0 aliphatic rings. The Bertz CT molecular complexity index is 297. The second-order valence-corrected chi connectivity index (χ2v) is 2.71. The van der Waals surface area contributed by atoms with Crippen molar-refractivity contribution in [3.05, 3.63) is 29.8 Å². The molecular weight excluding hydrogens is 173 g/mol. The zero-order chi connectivity index (χ0) is 9.84. The highest BCUT2D eigenvalue weighted by Gasteiger charge is 2.06. The summed E-state index contributed by atoms with van der Waals surface area (Å²) in [6.45, 7) is 1.07. The van der Waals surface area contributed by atoms with Crippen LogP contribution in [0.4, 0.5) is 4.48 Å². The normalized spacial score (nSPS) is 9.69. The van der Waals surface area contributed by atoms with Crippen molar-refractivity contribution < 1.29 is 14.4 Å². The van der Waals surface area contributed by atoms with Crippen LogP contribution in [-0.4, -0.2) is 16.1 Å². The minimum Gasteiger partial charge on any atom is -0.508 e. The average Bonchev–Trinajstić information content (AvgIpc) is 2.08. The maximum atomic E-state index is 12.7. The second-order valence-electron chi connectivity index (χ2n) is 2.71. The number of aromatic hydroxyl groups is 1. The van der Waals surface area contributed by atoms with Gasteiger partial charge in [-0.05, 0) is 17.7 Å². The number of amides is 1. The Labute approximate surface area is 75.3 Å². The Kier molecular flexibility index (Phi) is 2.84. The van der Waals surface area contributed by atoms with Crippen molar-refractivity contribution in [1.29, 1.82) is 0 Å². The van der Waals surface area contributed by atoms with E-state index in [-0.39, 0.29) is 17.4 Å². The first-order chi connectivity index (χ1) is 6.09. The summed E-state index contributed by atoms with van der Waals surface area (Å²) >= 11 is 0.